The highest BCUT2D eigenvalue weighted by molar-refractivity contribution is 5.84. The Labute approximate surface area is 206 Å². The number of likely N-dealkylation sites (tertiary alicyclic amines) is 1. The van der Waals surface area contributed by atoms with Crippen LogP contribution in [0.1, 0.15) is 60.4 Å². The molecule has 0 radical (unpaired) electrons. The minimum absolute atomic E-state index is 0.190. The maximum absolute atomic E-state index is 13.5. The van der Waals surface area contributed by atoms with Gasteiger partial charge in [0.25, 0.3) is 0 Å². The number of hydrogen-bond donors (Lipinski definition) is 0. The third-order valence-electron chi connectivity index (χ3n) is 7.38. The molecular formula is C27H33N7O. The average Bonchev–Trinajstić information content (AvgIpc) is 3.40. The van der Waals surface area contributed by atoms with Crippen molar-refractivity contribution in [1.29, 1.82) is 0 Å². The Balaban J connectivity index is 1.26. The first-order valence-electron chi connectivity index (χ1n) is 12.5. The molecule has 0 aliphatic carbocycles. The van der Waals surface area contributed by atoms with Gasteiger partial charge >= 0.3 is 0 Å². The monoisotopic (exact) mass is 471 g/mol. The summed E-state index contributed by atoms with van der Waals surface area (Å²) in [5, 5.41) is 17.6. The van der Waals surface area contributed by atoms with E-state index in [2.05, 4.69) is 45.6 Å². The standard InChI is InChI=1S/C27H33N7O/c1-18(27(35)32-16-14-23(15-17-32)11-10-22-8-6-5-7-9-22)26-19(2)30-33(20(26)3)25-13-12-24-29-28-21(4)34(24)31-25/h5-9,12-13,18,23H,10-11,14-17H2,1-4H3. The van der Waals surface area contributed by atoms with E-state index in [1.54, 1.807) is 4.52 Å². The molecule has 1 aromatic carbocycles. The van der Waals surface area contributed by atoms with Crippen LogP contribution in [0.15, 0.2) is 42.5 Å². The van der Waals surface area contributed by atoms with Crippen LogP contribution in [0.3, 0.4) is 0 Å². The van der Waals surface area contributed by atoms with E-state index in [9.17, 15) is 4.79 Å². The highest BCUT2D eigenvalue weighted by atomic mass is 16.2. The number of hydrogen-bond acceptors (Lipinski definition) is 5. The number of aryl methyl sites for hydroxylation is 3. The van der Waals surface area contributed by atoms with Crippen LogP contribution in [0.2, 0.25) is 0 Å². The van der Waals surface area contributed by atoms with Gasteiger partial charge in [0.15, 0.2) is 17.3 Å². The van der Waals surface area contributed by atoms with Crippen molar-refractivity contribution in [3.05, 3.63) is 70.8 Å². The lowest BCUT2D eigenvalue weighted by Crippen LogP contribution is -2.40. The second-order valence-corrected chi connectivity index (χ2v) is 9.72. The molecule has 1 fully saturated rings. The third kappa shape index (κ3) is 4.57. The lowest BCUT2D eigenvalue weighted by molar-refractivity contribution is -0.133. The van der Waals surface area contributed by atoms with Gasteiger partial charge in [-0.25, -0.2) is 4.68 Å². The van der Waals surface area contributed by atoms with Gasteiger partial charge in [-0.3, -0.25) is 4.79 Å². The molecule has 1 unspecified atom stereocenters. The summed E-state index contributed by atoms with van der Waals surface area (Å²) >= 11 is 0. The molecule has 5 rings (SSSR count). The number of rotatable bonds is 6. The maximum Gasteiger partial charge on any atom is 0.229 e. The van der Waals surface area contributed by atoms with E-state index in [0.29, 0.717) is 17.4 Å². The van der Waals surface area contributed by atoms with Gasteiger partial charge in [0.1, 0.15) is 0 Å². The lowest BCUT2D eigenvalue weighted by Gasteiger charge is -2.34. The zero-order valence-corrected chi connectivity index (χ0v) is 21.0. The number of carbonyl (C=O) groups is 1. The molecule has 8 heteroatoms. The topological polar surface area (TPSA) is 81.2 Å². The highest BCUT2D eigenvalue weighted by Crippen LogP contribution is 2.29. The molecule has 1 atom stereocenters. The Hall–Kier alpha value is -3.55. The Morgan fingerprint density at radius 1 is 1.00 bits per heavy atom. The molecule has 0 spiro atoms. The first-order valence-corrected chi connectivity index (χ1v) is 12.5. The summed E-state index contributed by atoms with van der Waals surface area (Å²) in [5.41, 5.74) is 4.89. The number of amides is 1. The van der Waals surface area contributed by atoms with E-state index in [0.717, 1.165) is 55.1 Å². The van der Waals surface area contributed by atoms with E-state index < -0.39 is 0 Å². The number of fused-ring (bicyclic) bond motifs is 1. The lowest BCUT2D eigenvalue weighted by atomic mass is 9.89. The zero-order valence-electron chi connectivity index (χ0n) is 21.0. The summed E-state index contributed by atoms with van der Waals surface area (Å²) in [7, 11) is 0. The summed E-state index contributed by atoms with van der Waals surface area (Å²) in [5.74, 6) is 2.04. The van der Waals surface area contributed by atoms with Gasteiger partial charge in [-0.1, -0.05) is 30.3 Å². The molecular weight excluding hydrogens is 438 g/mol. The van der Waals surface area contributed by atoms with Crippen molar-refractivity contribution in [2.75, 3.05) is 13.1 Å². The number of benzene rings is 1. The molecule has 4 aromatic rings. The van der Waals surface area contributed by atoms with Gasteiger partial charge in [0.2, 0.25) is 5.91 Å². The first-order chi connectivity index (χ1) is 16.9. The fourth-order valence-corrected chi connectivity index (χ4v) is 5.36. The van der Waals surface area contributed by atoms with Gasteiger partial charge in [0, 0.05) is 24.3 Å². The second kappa shape index (κ2) is 9.60. The van der Waals surface area contributed by atoms with Gasteiger partial charge in [0.05, 0.1) is 11.6 Å². The summed E-state index contributed by atoms with van der Waals surface area (Å²) in [6, 6.07) is 14.4. The number of aromatic nitrogens is 6. The van der Waals surface area contributed by atoms with Crippen LogP contribution >= 0.6 is 0 Å². The van der Waals surface area contributed by atoms with Gasteiger partial charge in [-0.2, -0.15) is 9.61 Å². The van der Waals surface area contributed by atoms with Crippen molar-refractivity contribution in [3.8, 4) is 5.82 Å². The van der Waals surface area contributed by atoms with E-state index in [1.165, 1.54) is 12.0 Å². The summed E-state index contributed by atoms with van der Waals surface area (Å²) in [4.78, 5) is 15.5. The molecule has 1 aliphatic rings. The first kappa shape index (κ1) is 23.2. The molecule has 4 heterocycles. The molecule has 0 saturated carbocycles. The van der Waals surface area contributed by atoms with Crippen LogP contribution in [-0.2, 0) is 11.2 Å². The SMILES string of the molecule is Cc1nn(-c2ccc3nnc(C)n3n2)c(C)c1C(C)C(=O)N1CCC(CCc2ccccc2)CC1. The van der Waals surface area contributed by atoms with Crippen LogP contribution in [0.4, 0.5) is 0 Å². The van der Waals surface area contributed by atoms with Crippen LogP contribution in [-0.4, -0.2) is 53.5 Å². The number of carbonyl (C=O) groups excluding carboxylic acids is 1. The van der Waals surface area contributed by atoms with E-state index >= 15 is 0 Å². The van der Waals surface area contributed by atoms with Crippen LogP contribution in [0.5, 0.6) is 0 Å². The molecule has 182 valence electrons. The second-order valence-electron chi connectivity index (χ2n) is 9.72. The van der Waals surface area contributed by atoms with Crippen molar-refractivity contribution in [2.45, 2.75) is 59.3 Å². The smallest absolute Gasteiger partial charge is 0.229 e. The van der Waals surface area contributed by atoms with Crippen molar-refractivity contribution in [1.82, 2.24) is 34.5 Å². The van der Waals surface area contributed by atoms with Crippen molar-refractivity contribution in [3.63, 3.8) is 0 Å². The van der Waals surface area contributed by atoms with Gasteiger partial charge < -0.3 is 4.90 Å². The molecule has 3 aromatic heterocycles. The molecule has 0 bridgehead atoms. The average molecular weight is 472 g/mol. The largest absolute Gasteiger partial charge is 0.342 e. The number of piperidine rings is 1. The molecule has 0 N–H and O–H groups in total. The van der Waals surface area contributed by atoms with Crippen molar-refractivity contribution < 1.29 is 4.79 Å². The summed E-state index contributed by atoms with van der Waals surface area (Å²) in [6.45, 7) is 9.53. The van der Waals surface area contributed by atoms with Crippen LogP contribution < -0.4 is 0 Å². The molecule has 1 amide bonds. The number of nitrogens with zero attached hydrogens (tertiary/aromatic N) is 7. The van der Waals surface area contributed by atoms with E-state index in [4.69, 9.17) is 5.10 Å². The fourth-order valence-electron chi connectivity index (χ4n) is 5.36. The minimum atomic E-state index is -0.245. The Morgan fingerprint density at radius 3 is 2.49 bits per heavy atom. The van der Waals surface area contributed by atoms with Crippen molar-refractivity contribution >= 4 is 11.6 Å². The van der Waals surface area contributed by atoms with E-state index in [1.807, 2.05) is 49.4 Å². The van der Waals surface area contributed by atoms with Crippen LogP contribution in [0, 0.1) is 26.7 Å². The minimum Gasteiger partial charge on any atom is -0.342 e. The summed E-state index contributed by atoms with van der Waals surface area (Å²) in [6.07, 6.45) is 4.45. The predicted molar refractivity (Wildman–Crippen MR) is 135 cm³/mol. The van der Waals surface area contributed by atoms with Gasteiger partial charge in [-0.05, 0) is 77.0 Å². The third-order valence-corrected chi connectivity index (χ3v) is 7.38. The normalized spacial score (nSPS) is 15.6. The van der Waals surface area contributed by atoms with Crippen molar-refractivity contribution in [2.24, 2.45) is 5.92 Å². The Kier molecular flexibility index (Phi) is 6.36. The summed E-state index contributed by atoms with van der Waals surface area (Å²) < 4.78 is 3.53. The Bertz CT molecular complexity index is 1330. The highest BCUT2D eigenvalue weighted by Gasteiger charge is 2.30. The molecule has 1 saturated heterocycles. The fraction of sp³-hybridized carbons (Fsp3) is 0.444. The molecule has 35 heavy (non-hydrogen) atoms. The van der Waals surface area contributed by atoms with Gasteiger partial charge in [-0.15, -0.1) is 15.3 Å². The molecule has 8 nitrogen and oxygen atoms in total. The van der Waals surface area contributed by atoms with Crippen LogP contribution in [0.25, 0.3) is 11.5 Å². The Morgan fingerprint density at radius 2 is 1.74 bits per heavy atom. The van der Waals surface area contributed by atoms with E-state index in [-0.39, 0.29) is 11.8 Å². The zero-order chi connectivity index (χ0) is 24.5. The predicted octanol–water partition coefficient (Wildman–Crippen LogP) is 4.21. The maximum atomic E-state index is 13.5. The molecule has 1 aliphatic heterocycles. The quantitative estimate of drug-likeness (QED) is 0.421.